The molecule has 0 bridgehead atoms. The molecule has 1 aromatic rings. The fraction of sp³-hybridized carbons (Fsp3) is 0.706. The SMILES string of the molecule is CCCNCc1ccc(OC2CCOC3(CCC3)C2)cn1. The Morgan fingerprint density at radius 1 is 1.43 bits per heavy atom. The van der Waals surface area contributed by atoms with Crippen LogP contribution in [0.2, 0.25) is 0 Å². The van der Waals surface area contributed by atoms with Crippen molar-refractivity contribution < 1.29 is 9.47 Å². The lowest BCUT2D eigenvalue weighted by molar-refractivity contribution is -0.153. The number of rotatable bonds is 6. The van der Waals surface area contributed by atoms with Crippen LogP contribution >= 0.6 is 0 Å². The molecule has 1 N–H and O–H groups in total. The first-order chi connectivity index (χ1) is 10.3. The molecule has 2 fully saturated rings. The van der Waals surface area contributed by atoms with Crippen LogP contribution in [0.15, 0.2) is 18.3 Å². The van der Waals surface area contributed by atoms with Gasteiger partial charge in [-0.15, -0.1) is 0 Å². The maximum absolute atomic E-state index is 6.10. The monoisotopic (exact) mass is 290 g/mol. The van der Waals surface area contributed by atoms with Crippen LogP contribution in [-0.4, -0.2) is 29.8 Å². The molecule has 2 aliphatic rings. The van der Waals surface area contributed by atoms with E-state index in [4.69, 9.17) is 9.47 Å². The highest BCUT2D eigenvalue weighted by atomic mass is 16.5. The Bertz CT molecular complexity index is 443. The van der Waals surface area contributed by atoms with Crippen molar-refractivity contribution in [2.75, 3.05) is 13.2 Å². The second-order valence-corrected chi connectivity index (χ2v) is 6.28. The molecule has 0 radical (unpaired) electrons. The fourth-order valence-corrected chi connectivity index (χ4v) is 3.17. The number of nitrogens with one attached hydrogen (secondary N) is 1. The minimum Gasteiger partial charge on any atom is -0.489 e. The Balaban J connectivity index is 1.50. The van der Waals surface area contributed by atoms with Gasteiger partial charge in [0.15, 0.2) is 0 Å². The Morgan fingerprint density at radius 2 is 2.33 bits per heavy atom. The molecule has 0 aromatic carbocycles. The van der Waals surface area contributed by atoms with E-state index < -0.39 is 0 Å². The van der Waals surface area contributed by atoms with Gasteiger partial charge in [-0.1, -0.05) is 6.92 Å². The molecule has 2 heterocycles. The highest BCUT2D eigenvalue weighted by molar-refractivity contribution is 5.20. The number of ether oxygens (including phenoxy) is 2. The van der Waals surface area contributed by atoms with Crippen molar-refractivity contribution in [3.8, 4) is 5.75 Å². The average molecular weight is 290 g/mol. The number of nitrogens with zero attached hydrogens (tertiary/aromatic N) is 1. The minimum atomic E-state index is 0.139. The molecule has 1 aliphatic heterocycles. The van der Waals surface area contributed by atoms with Crippen molar-refractivity contribution in [3.63, 3.8) is 0 Å². The number of pyridine rings is 1. The number of aromatic nitrogens is 1. The summed E-state index contributed by atoms with van der Waals surface area (Å²) in [5, 5.41) is 3.36. The zero-order chi connectivity index (χ0) is 14.5. The maximum atomic E-state index is 6.10. The van der Waals surface area contributed by atoms with Crippen molar-refractivity contribution in [1.29, 1.82) is 0 Å². The third-order valence-electron chi connectivity index (χ3n) is 4.55. The van der Waals surface area contributed by atoms with Crippen molar-refractivity contribution in [3.05, 3.63) is 24.0 Å². The van der Waals surface area contributed by atoms with Crippen LogP contribution in [-0.2, 0) is 11.3 Å². The summed E-state index contributed by atoms with van der Waals surface area (Å²) in [7, 11) is 0. The van der Waals surface area contributed by atoms with Gasteiger partial charge in [-0.3, -0.25) is 4.98 Å². The lowest BCUT2D eigenvalue weighted by atomic mass is 9.74. The van der Waals surface area contributed by atoms with E-state index in [2.05, 4.69) is 23.3 Å². The topological polar surface area (TPSA) is 43.4 Å². The van der Waals surface area contributed by atoms with Gasteiger partial charge < -0.3 is 14.8 Å². The second kappa shape index (κ2) is 6.75. The molecule has 1 unspecified atom stereocenters. The lowest BCUT2D eigenvalue weighted by Crippen LogP contribution is -2.48. The molecule has 1 aliphatic carbocycles. The first kappa shape index (κ1) is 14.8. The van der Waals surface area contributed by atoms with E-state index in [0.717, 1.165) is 50.4 Å². The third kappa shape index (κ3) is 3.74. The standard InChI is InChI=1S/C17H26N2O2/c1-2-9-18-12-14-4-5-16(13-19-14)21-15-6-10-20-17(11-15)7-3-8-17/h4-5,13,15,18H,2-3,6-12H2,1H3. The smallest absolute Gasteiger partial charge is 0.138 e. The van der Waals surface area contributed by atoms with Gasteiger partial charge in [0.1, 0.15) is 11.9 Å². The van der Waals surface area contributed by atoms with E-state index in [9.17, 15) is 0 Å². The first-order valence-corrected chi connectivity index (χ1v) is 8.26. The predicted molar refractivity (Wildman–Crippen MR) is 82.4 cm³/mol. The zero-order valence-electron chi connectivity index (χ0n) is 12.9. The maximum Gasteiger partial charge on any atom is 0.138 e. The zero-order valence-corrected chi connectivity index (χ0v) is 12.9. The molecule has 21 heavy (non-hydrogen) atoms. The molecule has 4 nitrogen and oxygen atoms in total. The van der Waals surface area contributed by atoms with E-state index >= 15 is 0 Å². The summed E-state index contributed by atoms with van der Waals surface area (Å²) in [6.07, 6.45) is 9.01. The van der Waals surface area contributed by atoms with Gasteiger partial charge in [0.2, 0.25) is 0 Å². The first-order valence-electron chi connectivity index (χ1n) is 8.26. The summed E-state index contributed by atoms with van der Waals surface area (Å²) < 4.78 is 12.0. The van der Waals surface area contributed by atoms with Gasteiger partial charge in [0.05, 0.1) is 24.1 Å². The van der Waals surface area contributed by atoms with Crippen LogP contribution in [0.4, 0.5) is 0 Å². The van der Waals surface area contributed by atoms with E-state index in [1.54, 1.807) is 0 Å². The van der Waals surface area contributed by atoms with Gasteiger partial charge in [-0.05, 0) is 44.4 Å². The van der Waals surface area contributed by atoms with Crippen LogP contribution < -0.4 is 10.1 Å². The Labute approximate surface area is 127 Å². The molecule has 1 spiro atoms. The highest BCUT2D eigenvalue weighted by Crippen LogP contribution is 2.43. The van der Waals surface area contributed by atoms with E-state index in [1.807, 2.05) is 12.3 Å². The lowest BCUT2D eigenvalue weighted by Gasteiger charge is -2.46. The van der Waals surface area contributed by atoms with Crippen molar-refractivity contribution in [2.24, 2.45) is 0 Å². The van der Waals surface area contributed by atoms with Gasteiger partial charge in [-0.25, -0.2) is 0 Å². The van der Waals surface area contributed by atoms with E-state index in [0.29, 0.717) is 0 Å². The van der Waals surface area contributed by atoms with Crippen molar-refractivity contribution in [1.82, 2.24) is 10.3 Å². The Morgan fingerprint density at radius 3 is 3.00 bits per heavy atom. The van der Waals surface area contributed by atoms with Gasteiger partial charge >= 0.3 is 0 Å². The van der Waals surface area contributed by atoms with Gasteiger partial charge in [0, 0.05) is 19.4 Å². The third-order valence-corrected chi connectivity index (χ3v) is 4.55. The quantitative estimate of drug-likeness (QED) is 0.818. The second-order valence-electron chi connectivity index (χ2n) is 6.28. The van der Waals surface area contributed by atoms with Crippen molar-refractivity contribution >= 4 is 0 Å². The van der Waals surface area contributed by atoms with Crippen molar-refractivity contribution in [2.45, 2.75) is 63.7 Å². The molecule has 4 heteroatoms. The van der Waals surface area contributed by atoms with Gasteiger partial charge in [-0.2, -0.15) is 0 Å². The summed E-state index contributed by atoms with van der Waals surface area (Å²) in [5.41, 5.74) is 1.21. The summed E-state index contributed by atoms with van der Waals surface area (Å²) in [6, 6.07) is 4.09. The molecule has 3 rings (SSSR count). The molecule has 0 amide bonds. The fourth-order valence-electron chi connectivity index (χ4n) is 3.17. The van der Waals surface area contributed by atoms with E-state index in [-0.39, 0.29) is 11.7 Å². The minimum absolute atomic E-state index is 0.139. The summed E-state index contributed by atoms with van der Waals surface area (Å²) in [5.74, 6) is 0.885. The van der Waals surface area contributed by atoms with Crippen LogP contribution in [0, 0.1) is 0 Å². The molecule has 1 saturated heterocycles. The highest BCUT2D eigenvalue weighted by Gasteiger charge is 2.43. The normalized spacial score (nSPS) is 23.8. The Hall–Kier alpha value is -1.13. The summed E-state index contributed by atoms with van der Waals surface area (Å²) >= 11 is 0. The largest absolute Gasteiger partial charge is 0.489 e. The Kier molecular flexibility index (Phi) is 4.76. The van der Waals surface area contributed by atoms with Crippen LogP contribution in [0.5, 0.6) is 5.75 Å². The van der Waals surface area contributed by atoms with Gasteiger partial charge in [0.25, 0.3) is 0 Å². The average Bonchev–Trinajstić information content (AvgIpc) is 2.48. The molecule has 1 atom stereocenters. The molecule has 116 valence electrons. The van der Waals surface area contributed by atoms with Crippen LogP contribution in [0.1, 0.15) is 51.1 Å². The molecule has 1 aromatic heterocycles. The number of hydrogen-bond acceptors (Lipinski definition) is 4. The summed E-state index contributed by atoms with van der Waals surface area (Å²) in [6.45, 7) is 4.86. The predicted octanol–water partition coefficient (Wildman–Crippen LogP) is 3.06. The van der Waals surface area contributed by atoms with Crippen LogP contribution in [0.25, 0.3) is 0 Å². The molecule has 1 saturated carbocycles. The van der Waals surface area contributed by atoms with E-state index in [1.165, 1.54) is 19.3 Å². The molecular formula is C17H26N2O2. The number of hydrogen-bond donors (Lipinski definition) is 1. The molecular weight excluding hydrogens is 264 g/mol. The summed E-state index contributed by atoms with van der Waals surface area (Å²) in [4.78, 5) is 4.47. The van der Waals surface area contributed by atoms with Crippen LogP contribution in [0.3, 0.4) is 0 Å².